The molecule has 0 fully saturated rings. The van der Waals surface area contributed by atoms with Gasteiger partial charge in [-0.3, -0.25) is 0 Å². The van der Waals surface area contributed by atoms with Crippen molar-refractivity contribution in [3.05, 3.63) is 23.8 Å². The van der Waals surface area contributed by atoms with E-state index >= 15 is 0 Å². The predicted octanol–water partition coefficient (Wildman–Crippen LogP) is 0.545. The Morgan fingerprint density at radius 1 is 1.54 bits per heavy atom. The summed E-state index contributed by atoms with van der Waals surface area (Å²) in [6.07, 6.45) is 0. The number of phenolic OH excluding ortho intramolecular Hbond substituents is 1. The van der Waals surface area contributed by atoms with E-state index in [-0.39, 0.29) is 5.75 Å². The molecule has 0 spiro atoms. The third-order valence-electron chi connectivity index (χ3n) is 1.53. The Morgan fingerprint density at radius 3 is 2.92 bits per heavy atom. The molecule has 1 rings (SSSR count). The molecule has 0 radical (unpaired) electrons. The average molecular weight is 176 g/mol. The second-order valence-corrected chi connectivity index (χ2v) is 2.61. The zero-order valence-electron chi connectivity index (χ0n) is 7.46. The molecule has 1 aromatic carbocycles. The van der Waals surface area contributed by atoms with Gasteiger partial charge in [-0.05, 0) is 25.2 Å². The SMILES string of the molecule is CNCC#Cc1ccc(O)c(N)c1. The highest BCUT2D eigenvalue weighted by atomic mass is 16.3. The lowest BCUT2D eigenvalue weighted by atomic mass is 10.2. The monoisotopic (exact) mass is 176 g/mol. The maximum Gasteiger partial charge on any atom is 0.138 e. The minimum atomic E-state index is 0.0965. The first-order chi connectivity index (χ1) is 6.24. The molecule has 3 heteroatoms. The Kier molecular flexibility index (Phi) is 3.18. The van der Waals surface area contributed by atoms with Gasteiger partial charge in [-0.1, -0.05) is 11.8 Å². The van der Waals surface area contributed by atoms with Crippen LogP contribution in [0, 0.1) is 11.8 Å². The molecule has 1 aromatic rings. The fourth-order valence-electron chi connectivity index (χ4n) is 0.867. The van der Waals surface area contributed by atoms with E-state index in [1.165, 1.54) is 0 Å². The first-order valence-corrected chi connectivity index (χ1v) is 3.96. The quantitative estimate of drug-likeness (QED) is 0.332. The molecule has 0 amide bonds. The first kappa shape index (κ1) is 9.43. The molecule has 3 nitrogen and oxygen atoms in total. The van der Waals surface area contributed by atoms with Crippen molar-refractivity contribution in [3.63, 3.8) is 0 Å². The molecule has 0 heterocycles. The molecule has 0 saturated carbocycles. The van der Waals surface area contributed by atoms with E-state index in [0.29, 0.717) is 12.2 Å². The van der Waals surface area contributed by atoms with E-state index in [2.05, 4.69) is 17.2 Å². The van der Waals surface area contributed by atoms with E-state index in [9.17, 15) is 0 Å². The molecule has 0 aliphatic heterocycles. The number of nitrogens with one attached hydrogen (secondary N) is 1. The number of rotatable bonds is 1. The maximum atomic E-state index is 9.13. The van der Waals surface area contributed by atoms with Gasteiger partial charge in [0.15, 0.2) is 0 Å². The summed E-state index contributed by atoms with van der Waals surface area (Å²) in [7, 11) is 1.83. The molecule has 13 heavy (non-hydrogen) atoms. The average Bonchev–Trinajstić information content (AvgIpc) is 2.12. The van der Waals surface area contributed by atoms with Crippen molar-refractivity contribution in [2.24, 2.45) is 0 Å². The van der Waals surface area contributed by atoms with Crippen LogP contribution in [0.5, 0.6) is 5.75 Å². The molecule has 0 atom stereocenters. The van der Waals surface area contributed by atoms with E-state index < -0.39 is 0 Å². The van der Waals surface area contributed by atoms with Gasteiger partial charge in [0, 0.05) is 5.56 Å². The molecule has 0 aromatic heterocycles. The normalized spacial score (nSPS) is 9.00. The van der Waals surface area contributed by atoms with Crippen molar-refractivity contribution in [2.75, 3.05) is 19.3 Å². The molecule has 4 N–H and O–H groups in total. The fraction of sp³-hybridized carbons (Fsp3) is 0.200. The number of aromatic hydroxyl groups is 1. The Bertz CT molecular complexity index is 350. The molecule has 0 aliphatic rings. The second-order valence-electron chi connectivity index (χ2n) is 2.61. The number of phenols is 1. The van der Waals surface area contributed by atoms with Crippen LogP contribution in [0.1, 0.15) is 5.56 Å². The van der Waals surface area contributed by atoms with Crippen molar-refractivity contribution in [3.8, 4) is 17.6 Å². The lowest BCUT2D eigenvalue weighted by Crippen LogP contribution is -2.04. The predicted molar refractivity (Wildman–Crippen MR) is 53.3 cm³/mol. The van der Waals surface area contributed by atoms with Gasteiger partial charge in [-0.15, -0.1) is 0 Å². The van der Waals surface area contributed by atoms with E-state index in [1.54, 1.807) is 18.2 Å². The van der Waals surface area contributed by atoms with Crippen molar-refractivity contribution in [1.82, 2.24) is 5.32 Å². The van der Waals surface area contributed by atoms with Crippen LogP contribution in [0.15, 0.2) is 18.2 Å². The van der Waals surface area contributed by atoms with Crippen LogP contribution in [-0.4, -0.2) is 18.7 Å². The van der Waals surface area contributed by atoms with Gasteiger partial charge in [0.1, 0.15) is 5.75 Å². The van der Waals surface area contributed by atoms with Gasteiger partial charge in [0.05, 0.1) is 12.2 Å². The highest BCUT2D eigenvalue weighted by Crippen LogP contribution is 2.19. The number of nitrogens with two attached hydrogens (primary N) is 1. The second kappa shape index (κ2) is 4.39. The van der Waals surface area contributed by atoms with Crippen LogP contribution in [-0.2, 0) is 0 Å². The lowest BCUT2D eigenvalue weighted by Gasteiger charge is -1.97. The zero-order valence-corrected chi connectivity index (χ0v) is 7.46. The van der Waals surface area contributed by atoms with Crippen molar-refractivity contribution < 1.29 is 5.11 Å². The van der Waals surface area contributed by atoms with E-state index in [1.807, 2.05) is 7.05 Å². The minimum Gasteiger partial charge on any atom is -0.506 e. The summed E-state index contributed by atoms with van der Waals surface area (Å²) < 4.78 is 0. The fourth-order valence-corrected chi connectivity index (χ4v) is 0.867. The van der Waals surface area contributed by atoms with Crippen LogP contribution in [0.4, 0.5) is 5.69 Å². The molecular weight excluding hydrogens is 164 g/mol. The van der Waals surface area contributed by atoms with Crippen molar-refractivity contribution >= 4 is 5.69 Å². The number of anilines is 1. The van der Waals surface area contributed by atoms with Crippen molar-refractivity contribution in [1.29, 1.82) is 0 Å². The van der Waals surface area contributed by atoms with E-state index in [4.69, 9.17) is 10.8 Å². The smallest absolute Gasteiger partial charge is 0.138 e. The van der Waals surface area contributed by atoms with Crippen molar-refractivity contribution in [2.45, 2.75) is 0 Å². The molecular formula is C10H12N2O. The number of hydrogen-bond donors (Lipinski definition) is 3. The highest BCUT2D eigenvalue weighted by molar-refractivity contribution is 5.56. The minimum absolute atomic E-state index is 0.0965. The summed E-state index contributed by atoms with van der Waals surface area (Å²) in [5.41, 5.74) is 6.66. The Labute approximate surface area is 77.6 Å². The van der Waals surface area contributed by atoms with Gasteiger partial charge in [-0.2, -0.15) is 0 Å². The number of nitrogen functional groups attached to an aromatic ring is 1. The zero-order chi connectivity index (χ0) is 9.68. The summed E-state index contributed by atoms with van der Waals surface area (Å²) in [5, 5.41) is 12.0. The lowest BCUT2D eigenvalue weighted by molar-refractivity contribution is 0.478. The number of benzene rings is 1. The van der Waals surface area contributed by atoms with Gasteiger partial charge < -0.3 is 16.2 Å². The van der Waals surface area contributed by atoms with Crippen LogP contribution in [0.3, 0.4) is 0 Å². The van der Waals surface area contributed by atoms with Crippen LogP contribution in [0.25, 0.3) is 0 Å². The number of hydrogen-bond acceptors (Lipinski definition) is 3. The Balaban J connectivity index is 2.81. The maximum absolute atomic E-state index is 9.13. The summed E-state index contributed by atoms with van der Waals surface area (Å²) in [6, 6.07) is 4.92. The van der Waals surface area contributed by atoms with Crippen LogP contribution in [0.2, 0.25) is 0 Å². The third-order valence-corrected chi connectivity index (χ3v) is 1.53. The molecule has 0 unspecified atom stereocenters. The Hall–Kier alpha value is -1.66. The largest absolute Gasteiger partial charge is 0.506 e. The van der Waals surface area contributed by atoms with E-state index in [0.717, 1.165) is 5.56 Å². The highest BCUT2D eigenvalue weighted by Gasteiger charge is 1.95. The van der Waals surface area contributed by atoms with Gasteiger partial charge in [0.25, 0.3) is 0 Å². The molecule has 68 valence electrons. The van der Waals surface area contributed by atoms with Gasteiger partial charge in [-0.25, -0.2) is 0 Å². The molecule has 0 aliphatic carbocycles. The van der Waals surface area contributed by atoms with Crippen LogP contribution < -0.4 is 11.1 Å². The summed E-state index contributed by atoms with van der Waals surface area (Å²) >= 11 is 0. The summed E-state index contributed by atoms with van der Waals surface area (Å²) in [6.45, 7) is 0.640. The van der Waals surface area contributed by atoms with Gasteiger partial charge >= 0.3 is 0 Å². The Morgan fingerprint density at radius 2 is 2.31 bits per heavy atom. The third kappa shape index (κ3) is 2.69. The standard InChI is InChI=1S/C10H12N2O/c1-12-6-2-3-8-4-5-10(13)9(11)7-8/h4-5,7,12-13H,6,11H2,1H3. The summed E-state index contributed by atoms with van der Waals surface area (Å²) in [5.74, 6) is 5.91. The molecule has 0 saturated heterocycles. The first-order valence-electron chi connectivity index (χ1n) is 3.96. The molecule has 0 bridgehead atoms. The van der Waals surface area contributed by atoms with Crippen LogP contribution >= 0.6 is 0 Å². The summed E-state index contributed by atoms with van der Waals surface area (Å²) in [4.78, 5) is 0. The van der Waals surface area contributed by atoms with Gasteiger partial charge in [0.2, 0.25) is 0 Å². The topological polar surface area (TPSA) is 58.3 Å².